The number of anilines is 2. The van der Waals surface area contributed by atoms with Crippen molar-refractivity contribution in [2.45, 2.75) is 46.5 Å². The lowest BCUT2D eigenvalue weighted by molar-refractivity contribution is 0.250. The summed E-state index contributed by atoms with van der Waals surface area (Å²) in [6.07, 6.45) is 0.745. The molecule has 0 aliphatic rings. The summed E-state index contributed by atoms with van der Waals surface area (Å²) in [5.41, 5.74) is 3.37. The largest absolute Gasteiger partial charge is 0.494 e. The molecular weight excluding hydrogens is 362 g/mol. The SMILES string of the molecule is CCN(CC)c1ccc(NC(=O)NCCCOc2ccc(C(C)(C)C)cc2)cc1. The molecule has 0 fully saturated rings. The van der Waals surface area contributed by atoms with Gasteiger partial charge in [0.1, 0.15) is 5.75 Å². The molecule has 0 aliphatic carbocycles. The van der Waals surface area contributed by atoms with Crippen molar-refractivity contribution in [1.29, 1.82) is 0 Å². The number of nitrogens with one attached hydrogen (secondary N) is 2. The van der Waals surface area contributed by atoms with Gasteiger partial charge in [0.05, 0.1) is 6.61 Å². The molecule has 158 valence electrons. The third-order valence-corrected chi connectivity index (χ3v) is 4.85. The molecule has 0 spiro atoms. The summed E-state index contributed by atoms with van der Waals surface area (Å²) in [5, 5.41) is 5.73. The van der Waals surface area contributed by atoms with Crippen molar-refractivity contribution >= 4 is 17.4 Å². The Bertz CT molecular complexity index is 745. The van der Waals surface area contributed by atoms with Crippen molar-refractivity contribution in [3.05, 3.63) is 54.1 Å². The van der Waals surface area contributed by atoms with Gasteiger partial charge in [0, 0.05) is 31.0 Å². The van der Waals surface area contributed by atoms with Gasteiger partial charge in [-0.25, -0.2) is 4.79 Å². The van der Waals surface area contributed by atoms with Crippen LogP contribution in [0.15, 0.2) is 48.5 Å². The predicted molar refractivity (Wildman–Crippen MR) is 122 cm³/mol. The second-order valence-electron chi connectivity index (χ2n) is 8.08. The first-order valence-electron chi connectivity index (χ1n) is 10.5. The number of amides is 2. The predicted octanol–water partition coefficient (Wildman–Crippen LogP) is 5.42. The number of hydrogen-bond acceptors (Lipinski definition) is 3. The lowest BCUT2D eigenvalue weighted by Crippen LogP contribution is -2.30. The number of urea groups is 1. The van der Waals surface area contributed by atoms with E-state index >= 15 is 0 Å². The highest BCUT2D eigenvalue weighted by Crippen LogP contribution is 2.24. The standard InChI is InChI=1S/C24H35N3O2/c1-6-27(7-2)21-13-11-20(12-14-21)26-23(28)25-17-8-18-29-22-15-9-19(10-16-22)24(3,4)5/h9-16H,6-8,17-18H2,1-5H3,(H2,25,26,28). The minimum atomic E-state index is -0.199. The number of rotatable bonds is 9. The zero-order valence-electron chi connectivity index (χ0n) is 18.4. The summed E-state index contributed by atoms with van der Waals surface area (Å²) < 4.78 is 5.75. The summed E-state index contributed by atoms with van der Waals surface area (Å²) in [5.74, 6) is 0.857. The molecule has 0 saturated heterocycles. The molecule has 0 aliphatic heterocycles. The Morgan fingerprint density at radius 3 is 2.14 bits per heavy atom. The Labute approximate surface area is 175 Å². The van der Waals surface area contributed by atoms with Gasteiger partial charge < -0.3 is 20.3 Å². The van der Waals surface area contributed by atoms with E-state index in [4.69, 9.17) is 4.74 Å². The first kappa shape index (κ1) is 22.6. The molecule has 2 rings (SSSR count). The van der Waals surface area contributed by atoms with Gasteiger partial charge in [-0.15, -0.1) is 0 Å². The lowest BCUT2D eigenvalue weighted by Gasteiger charge is -2.21. The summed E-state index contributed by atoms with van der Waals surface area (Å²) in [7, 11) is 0. The Hall–Kier alpha value is -2.69. The Morgan fingerprint density at radius 1 is 0.966 bits per heavy atom. The minimum absolute atomic E-state index is 0.140. The van der Waals surface area contributed by atoms with E-state index in [9.17, 15) is 4.79 Å². The molecule has 5 nitrogen and oxygen atoms in total. The van der Waals surface area contributed by atoms with Crippen molar-refractivity contribution in [2.75, 3.05) is 36.5 Å². The van der Waals surface area contributed by atoms with Crippen LogP contribution >= 0.6 is 0 Å². The maximum atomic E-state index is 12.0. The van der Waals surface area contributed by atoms with E-state index in [0.717, 1.165) is 36.6 Å². The molecule has 0 saturated carbocycles. The summed E-state index contributed by atoms with van der Waals surface area (Å²) in [6.45, 7) is 13.9. The van der Waals surface area contributed by atoms with Crippen molar-refractivity contribution in [3.8, 4) is 5.75 Å². The topological polar surface area (TPSA) is 53.6 Å². The normalized spacial score (nSPS) is 11.1. The van der Waals surface area contributed by atoms with Crippen molar-refractivity contribution in [1.82, 2.24) is 5.32 Å². The van der Waals surface area contributed by atoms with Gasteiger partial charge in [-0.05, 0) is 67.6 Å². The molecule has 2 aromatic carbocycles. The van der Waals surface area contributed by atoms with E-state index in [2.05, 4.69) is 62.3 Å². The third-order valence-electron chi connectivity index (χ3n) is 4.85. The second-order valence-corrected chi connectivity index (χ2v) is 8.08. The third kappa shape index (κ3) is 7.33. The highest BCUT2D eigenvalue weighted by molar-refractivity contribution is 5.89. The van der Waals surface area contributed by atoms with Crippen LogP contribution in [0.1, 0.15) is 46.6 Å². The number of ether oxygens (including phenoxy) is 1. The molecule has 0 bridgehead atoms. The van der Waals surface area contributed by atoms with Crippen LogP contribution in [0.25, 0.3) is 0 Å². The molecule has 0 radical (unpaired) electrons. The number of carbonyl (C=O) groups excluding carboxylic acids is 1. The van der Waals surface area contributed by atoms with Crippen LogP contribution in [0.3, 0.4) is 0 Å². The van der Waals surface area contributed by atoms with E-state index in [1.54, 1.807) is 0 Å². The first-order valence-corrected chi connectivity index (χ1v) is 10.5. The summed E-state index contributed by atoms with van der Waals surface area (Å²) in [6, 6.07) is 15.9. The van der Waals surface area contributed by atoms with E-state index in [0.29, 0.717) is 13.2 Å². The molecule has 2 amide bonds. The van der Waals surface area contributed by atoms with Crippen LogP contribution in [-0.4, -0.2) is 32.3 Å². The van der Waals surface area contributed by atoms with Crippen molar-refractivity contribution in [3.63, 3.8) is 0 Å². The van der Waals surface area contributed by atoms with Crippen molar-refractivity contribution < 1.29 is 9.53 Å². The highest BCUT2D eigenvalue weighted by atomic mass is 16.5. The van der Waals surface area contributed by atoms with Gasteiger partial charge in [-0.3, -0.25) is 0 Å². The molecule has 0 heterocycles. The quantitative estimate of drug-likeness (QED) is 0.556. The number of benzene rings is 2. The highest BCUT2D eigenvalue weighted by Gasteiger charge is 2.12. The summed E-state index contributed by atoms with van der Waals surface area (Å²) in [4.78, 5) is 14.3. The average Bonchev–Trinajstić information content (AvgIpc) is 2.69. The van der Waals surface area contributed by atoms with E-state index in [-0.39, 0.29) is 11.4 Å². The fourth-order valence-corrected chi connectivity index (χ4v) is 3.03. The van der Waals surface area contributed by atoms with Gasteiger partial charge in [-0.2, -0.15) is 0 Å². The lowest BCUT2D eigenvalue weighted by atomic mass is 9.87. The molecule has 2 N–H and O–H groups in total. The number of hydrogen-bond donors (Lipinski definition) is 2. The van der Waals surface area contributed by atoms with Crippen molar-refractivity contribution in [2.24, 2.45) is 0 Å². The molecule has 2 aromatic rings. The van der Waals surface area contributed by atoms with E-state index in [1.165, 1.54) is 5.56 Å². The maximum Gasteiger partial charge on any atom is 0.319 e. The maximum absolute atomic E-state index is 12.0. The Kier molecular flexibility index (Phi) is 8.37. The van der Waals surface area contributed by atoms with Crippen LogP contribution in [0.5, 0.6) is 5.75 Å². The molecule has 29 heavy (non-hydrogen) atoms. The van der Waals surface area contributed by atoms with Crippen LogP contribution in [0, 0.1) is 0 Å². The monoisotopic (exact) mass is 397 g/mol. The zero-order valence-corrected chi connectivity index (χ0v) is 18.4. The molecule has 0 aromatic heterocycles. The van der Waals surface area contributed by atoms with Gasteiger partial charge in [0.2, 0.25) is 0 Å². The molecule has 5 heteroatoms. The Balaban J connectivity index is 1.67. The van der Waals surface area contributed by atoms with E-state index < -0.39 is 0 Å². The van der Waals surface area contributed by atoms with Gasteiger partial charge >= 0.3 is 6.03 Å². The fourth-order valence-electron chi connectivity index (χ4n) is 3.03. The van der Waals surface area contributed by atoms with Gasteiger partial charge in [0.25, 0.3) is 0 Å². The van der Waals surface area contributed by atoms with Crippen LogP contribution in [0.2, 0.25) is 0 Å². The summed E-state index contributed by atoms with van der Waals surface area (Å²) >= 11 is 0. The average molecular weight is 398 g/mol. The Morgan fingerprint density at radius 2 is 1.59 bits per heavy atom. The molecule has 0 unspecified atom stereocenters. The molecule has 0 atom stereocenters. The van der Waals surface area contributed by atoms with E-state index in [1.807, 2.05) is 36.4 Å². The fraction of sp³-hybridized carbons (Fsp3) is 0.458. The van der Waals surface area contributed by atoms with Crippen LogP contribution < -0.4 is 20.3 Å². The second kappa shape index (κ2) is 10.7. The number of carbonyl (C=O) groups is 1. The zero-order chi connectivity index (χ0) is 21.3. The van der Waals surface area contributed by atoms with Crippen LogP contribution in [-0.2, 0) is 5.41 Å². The molecular formula is C24H35N3O2. The van der Waals surface area contributed by atoms with Gasteiger partial charge in [-0.1, -0.05) is 32.9 Å². The van der Waals surface area contributed by atoms with Gasteiger partial charge in [0.15, 0.2) is 0 Å². The minimum Gasteiger partial charge on any atom is -0.494 e. The first-order chi connectivity index (χ1) is 13.8. The van der Waals surface area contributed by atoms with Crippen LogP contribution in [0.4, 0.5) is 16.2 Å². The number of nitrogens with zero attached hydrogens (tertiary/aromatic N) is 1. The smallest absolute Gasteiger partial charge is 0.319 e.